The van der Waals surface area contributed by atoms with Gasteiger partial charge in [-0.1, -0.05) is 36.0 Å². The Bertz CT molecular complexity index is 866. The van der Waals surface area contributed by atoms with Crippen molar-refractivity contribution < 1.29 is 13.9 Å². The Labute approximate surface area is 142 Å². The Morgan fingerprint density at radius 2 is 2.08 bits per heavy atom. The predicted molar refractivity (Wildman–Crippen MR) is 89.8 cm³/mol. The summed E-state index contributed by atoms with van der Waals surface area (Å²) in [5, 5.41) is 7.10. The van der Waals surface area contributed by atoms with Crippen LogP contribution in [-0.4, -0.2) is 33.8 Å². The second-order valence-electron chi connectivity index (χ2n) is 4.89. The highest BCUT2D eigenvalue weighted by molar-refractivity contribution is 7.99. The molecule has 3 aromatic rings. The molecular weight excluding hydrogens is 329 g/mol. The van der Waals surface area contributed by atoms with Gasteiger partial charge in [-0.05, 0) is 24.3 Å². The number of rotatable bonds is 6. The molecule has 0 saturated heterocycles. The summed E-state index contributed by atoms with van der Waals surface area (Å²) in [5.74, 6) is 0.714. The molecule has 0 saturated carbocycles. The molecule has 3 rings (SSSR count). The number of aromatic nitrogens is 3. The number of thioether (sulfide) groups is 1. The van der Waals surface area contributed by atoms with Gasteiger partial charge in [0, 0.05) is 5.56 Å². The molecule has 0 aliphatic carbocycles. The monoisotopic (exact) mass is 343 g/mol. The molecule has 0 aliphatic rings. The number of hydrogen-bond acceptors (Lipinski definition) is 5. The Balaban J connectivity index is 1.67. The summed E-state index contributed by atoms with van der Waals surface area (Å²) in [4.78, 5) is 16.4. The van der Waals surface area contributed by atoms with Gasteiger partial charge in [-0.2, -0.15) is 0 Å². The van der Waals surface area contributed by atoms with E-state index in [0.717, 1.165) is 0 Å². The molecule has 7 heteroatoms. The van der Waals surface area contributed by atoms with Crippen molar-refractivity contribution in [2.75, 3.05) is 12.9 Å². The number of aromatic amines is 1. The SMILES string of the molecule is COc1cccc(C(=O)CSc2n[nH]c(-c3ccccc3F)n2)c1. The van der Waals surface area contributed by atoms with Crippen LogP contribution in [0.1, 0.15) is 10.4 Å². The van der Waals surface area contributed by atoms with Gasteiger partial charge in [0.05, 0.1) is 18.4 Å². The van der Waals surface area contributed by atoms with Crippen molar-refractivity contribution in [1.29, 1.82) is 0 Å². The molecule has 2 aromatic carbocycles. The first-order valence-electron chi connectivity index (χ1n) is 7.14. The van der Waals surface area contributed by atoms with Crippen molar-refractivity contribution in [3.8, 4) is 17.1 Å². The normalized spacial score (nSPS) is 10.6. The minimum atomic E-state index is -0.377. The first-order valence-corrected chi connectivity index (χ1v) is 8.13. The molecule has 0 bridgehead atoms. The number of carbonyl (C=O) groups excluding carboxylic acids is 1. The molecule has 0 atom stereocenters. The minimum absolute atomic E-state index is 0.0591. The number of hydrogen-bond donors (Lipinski definition) is 1. The van der Waals surface area contributed by atoms with Gasteiger partial charge in [-0.3, -0.25) is 9.89 Å². The Morgan fingerprint density at radius 3 is 2.88 bits per heavy atom. The highest BCUT2D eigenvalue weighted by Gasteiger charge is 2.13. The van der Waals surface area contributed by atoms with Crippen LogP contribution in [0.2, 0.25) is 0 Å². The number of nitrogens with one attached hydrogen (secondary N) is 1. The first kappa shape index (κ1) is 16.2. The predicted octanol–water partition coefficient (Wildman–Crippen LogP) is 3.59. The topological polar surface area (TPSA) is 67.9 Å². The van der Waals surface area contributed by atoms with E-state index in [-0.39, 0.29) is 17.4 Å². The fourth-order valence-corrected chi connectivity index (χ4v) is 2.79. The third-order valence-electron chi connectivity index (χ3n) is 3.32. The molecule has 1 heterocycles. The number of ether oxygens (including phenoxy) is 1. The van der Waals surface area contributed by atoms with Gasteiger partial charge in [0.1, 0.15) is 11.6 Å². The van der Waals surface area contributed by atoms with Crippen molar-refractivity contribution in [1.82, 2.24) is 15.2 Å². The van der Waals surface area contributed by atoms with E-state index in [1.807, 2.05) is 0 Å². The summed E-state index contributed by atoms with van der Waals surface area (Å²) >= 11 is 1.19. The third-order valence-corrected chi connectivity index (χ3v) is 4.17. The first-order chi connectivity index (χ1) is 11.7. The molecule has 0 amide bonds. The molecule has 1 N–H and O–H groups in total. The third kappa shape index (κ3) is 3.62. The Kier molecular flexibility index (Phi) is 4.90. The van der Waals surface area contributed by atoms with Gasteiger partial charge in [0.15, 0.2) is 11.6 Å². The molecule has 0 fully saturated rings. The molecule has 0 radical (unpaired) electrons. The summed E-state index contributed by atoms with van der Waals surface area (Å²) in [5.41, 5.74) is 0.905. The van der Waals surface area contributed by atoms with E-state index in [4.69, 9.17) is 4.74 Å². The van der Waals surface area contributed by atoms with Crippen molar-refractivity contribution in [2.45, 2.75) is 5.16 Å². The Hall–Kier alpha value is -2.67. The van der Waals surface area contributed by atoms with Crippen molar-refractivity contribution in [3.63, 3.8) is 0 Å². The summed E-state index contributed by atoms with van der Waals surface area (Å²) in [6.07, 6.45) is 0. The highest BCUT2D eigenvalue weighted by atomic mass is 32.2. The summed E-state index contributed by atoms with van der Waals surface area (Å²) in [7, 11) is 1.55. The van der Waals surface area contributed by atoms with E-state index in [1.54, 1.807) is 49.6 Å². The van der Waals surface area contributed by atoms with Gasteiger partial charge in [0.2, 0.25) is 5.16 Å². The maximum atomic E-state index is 13.7. The van der Waals surface area contributed by atoms with Crippen LogP contribution in [-0.2, 0) is 0 Å². The number of carbonyl (C=O) groups is 1. The largest absolute Gasteiger partial charge is 0.497 e. The smallest absolute Gasteiger partial charge is 0.209 e. The number of halogens is 1. The van der Waals surface area contributed by atoms with E-state index >= 15 is 0 Å². The van der Waals surface area contributed by atoms with Crippen LogP contribution in [0.5, 0.6) is 5.75 Å². The zero-order chi connectivity index (χ0) is 16.9. The number of Topliss-reactive ketones (excluding diaryl/α,β-unsaturated/α-hetero) is 1. The van der Waals surface area contributed by atoms with E-state index in [0.29, 0.717) is 27.9 Å². The molecule has 122 valence electrons. The molecule has 5 nitrogen and oxygen atoms in total. The van der Waals surface area contributed by atoms with Gasteiger partial charge in [-0.25, -0.2) is 9.37 Å². The van der Waals surface area contributed by atoms with Gasteiger partial charge < -0.3 is 4.74 Å². The van der Waals surface area contributed by atoms with Gasteiger partial charge >= 0.3 is 0 Å². The number of H-pyrrole nitrogens is 1. The maximum absolute atomic E-state index is 13.7. The zero-order valence-corrected chi connectivity index (χ0v) is 13.6. The minimum Gasteiger partial charge on any atom is -0.497 e. The average molecular weight is 343 g/mol. The van der Waals surface area contributed by atoms with Crippen LogP contribution < -0.4 is 4.74 Å². The van der Waals surface area contributed by atoms with Crippen molar-refractivity contribution in [3.05, 3.63) is 59.9 Å². The van der Waals surface area contributed by atoms with Crippen LogP contribution in [0.4, 0.5) is 4.39 Å². The maximum Gasteiger partial charge on any atom is 0.209 e. The lowest BCUT2D eigenvalue weighted by Gasteiger charge is -2.02. The fraction of sp³-hybridized carbons (Fsp3) is 0.118. The molecule has 1 aromatic heterocycles. The lowest BCUT2D eigenvalue weighted by Crippen LogP contribution is -2.02. The molecular formula is C17H14FN3O2S. The molecule has 24 heavy (non-hydrogen) atoms. The van der Waals surface area contributed by atoms with E-state index in [2.05, 4.69) is 15.2 Å². The molecule has 0 unspecified atom stereocenters. The molecule has 0 aliphatic heterocycles. The van der Waals surface area contributed by atoms with Crippen LogP contribution in [0.25, 0.3) is 11.4 Å². The summed E-state index contributed by atoms with van der Waals surface area (Å²) in [6.45, 7) is 0. The number of methoxy groups -OCH3 is 1. The summed E-state index contributed by atoms with van der Waals surface area (Å²) < 4.78 is 18.8. The van der Waals surface area contributed by atoms with E-state index < -0.39 is 0 Å². The molecule has 0 spiro atoms. The Morgan fingerprint density at radius 1 is 1.25 bits per heavy atom. The zero-order valence-electron chi connectivity index (χ0n) is 12.8. The average Bonchev–Trinajstić information content (AvgIpc) is 3.09. The summed E-state index contributed by atoms with van der Waals surface area (Å²) in [6, 6.07) is 13.3. The van der Waals surface area contributed by atoms with Crippen LogP contribution in [0.15, 0.2) is 53.7 Å². The second-order valence-corrected chi connectivity index (χ2v) is 5.83. The van der Waals surface area contributed by atoms with Crippen molar-refractivity contribution >= 4 is 17.5 Å². The van der Waals surface area contributed by atoms with E-state index in [1.165, 1.54) is 17.8 Å². The number of benzene rings is 2. The fourth-order valence-electron chi connectivity index (χ4n) is 2.09. The lowest BCUT2D eigenvalue weighted by molar-refractivity contribution is 0.102. The quantitative estimate of drug-likeness (QED) is 0.547. The van der Waals surface area contributed by atoms with Crippen molar-refractivity contribution in [2.24, 2.45) is 0 Å². The van der Waals surface area contributed by atoms with Gasteiger partial charge in [-0.15, -0.1) is 5.10 Å². The second kappa shape index (κ2) is 7.27. The van der Waals surface area contributed by atoms with Gasteiger partial charge in [0.25, 0.3) is 0 Å². The lowest BCUT2D eigenvalue weighted by atomic mass is 10.1. The van der Waals surface area contributed by atoms with Crippen LogP contribution >= 0.6 is 11.8 Å². The standard InChI is InChI=1S/C17H14FN3O2S/c1-23-12-6-4-5-11(9-12)15(22)10-24-17-19-16(20-21-17)13-7-2-3-8-14(13)18/h2-9H,10H2,1H3,(H,19,20,21). The number of nitrogens with zero attached hydrogens (tertiary/aromatic N) is 2. The van der Waals surface area contributed by atoms with E-state index in [9.17, 15) is 9.18 Å². The highest BCUT2D eigenvalue weighted by Crippen LogP contribution is 2.22. The number of ketones is 1. The van der Waals surface area contributed by atoms with Crippen LogP contribution in [0, 0.1) is 5.82 Å². The van der Waals surface area contributed by atoms with Crippen LogP contribution in [0.3, 0.4) is 0 Å².